The Kier molecular flexibility index (Phi) is 3.77. The zero-order chi connectivity index (χ0) is 13.8. The molecule has 0 bridgehead atoms. The first-order chi connectivity index (χ1) is 9.10. The van der Waals surface area contributed by atoms with E-state index in [0.29, 0.717) is 5.69 Å². The minimum atomic E-state index is -0.244. The molecule has 0 unspecified atom stereocenters. The summed E-state index contributed by atoms with van der Waals surface area (Å²) in [6.45, 7) is 3.41. The lowest BCUT2D eigenvalue weighted by Gasteiger charge is -2.04. The Balaban J connectivity index is 2.29. The number of nitrogens with two attached hydrogens (primary N) is 1. The lowest BCUT2D eigenvalue weighted by Crippen LogP contribution is -2.08. The van der Waals surface area contributed by atoms with E-state index in [0.717, 1.165) is 16.0 Å². The van der Waals surface area contributed by atoms with Gasteiger partial charge in [-0.3, -0.25) is 10.2 Å². The van der Waals surface area contributed by atoms with E-state index < -0.39 is 0 Å². The topological polar surface area (TPSA) is 79.0 Å². The normalized spacial score (nSPS) is 9.89. The van der Waals surface area contributed by atoms with Gasteiger partial charge < -0.3 is 11.1 Å². The Labute approximate surface area is 115 Å². The molecule has 96 valence electrons. The number of amides is 1. The van der Waals surface area contributed by atoms with Crippen LogP contribution in [0.25, 0.3) is 11.1 Å². The maximum Gasteiger partial charge on any atom is 0.247 e. The monoisotopic (exact) mass is 271 g/mol. The van der Waals surface area contributed by atoms with Gasteiger partial charge in [0.15, 0.2) is 0 Å². The number of amidine groups is 1. The minimum absolute atomic E-state index is 0.0624. The van der Waals surface area contributed by atoms with E-state index in [-0.39, 0.29) is 11.7 Å². The third-order valence-electron chi connectivity index (χ3n) is 2.51. The van der Waals surface area contributed by atoms with E-state index in [1.165, 1.54) is 17.4 Å². The molecule has 0 saturated carbocycles. The minimum Gasteiger partial charge on any atom is -0.383 e. The average Bonchev–Trinajstić information content (AvgIpc) is 2.88. The molecule has 0 fully saturated rings. The Hall–Kier alpha value is -2.40. The highest BCUT2D eigenvalue weighted by Gasteiger charge is 2.05. The van der Waals surface area contributed by atoms with Gasteiger partial charge in [0.25, 0.3) is 0 Å². The number of nitrogen functional groups attached to an aromatic ring is 1. The molecule has 0 spiro atoms. The molecule has 19 heavy (non-hydrogen) atoms. The molecule has 1 amide bonds. The van der Waals surface area contributed by atoms with Gasteiger partial charge in [0.2, 0.25) is 5.91 Å². The Morgan fingerprint density at radius 3 is 2.79 bits per heavy atom. The summed E-state index contributed by atoms with van der Waals surface area (Å²) in [4.78, 5) is 12.0. The number of hydrogen-bond donors (Lipinski definition) is 3. The standard InChI is InChI=1S/C14H13N3OS/c1-2-13(18)17-11-5-3-4-9(6-11)10-7-12(14(15)16)19-8-10/h2-8H,1H2,(H3,15,16)(H,17,18). The highest BCUT2D eigenvalue weighted by Crippen LogP contribution is 2.27. The molecule has 0 aliphatic rings. The molecule has 0 atom stereocenters. The summed E-state index contributed by atoms with van der Waals surface area (Å²) < 4.78 is 0. The smallest absolute Gasteiger partial charge is 0.247 e. The number of hydrogen-bond acceptors (Lipinski definition) is 3. The van der Waals surface area contributed by atoms with Gasteiger partial charge in [0.05, 0.1) is 4.88 Å². The van der Waals surface area contributed by atoms with Crippen LogP contribution >= 0.6 is 11.3 Å². The van der Waals surface area contributed by atoms with Crippen LogP contribution in [0.4, 0.5) is 5.69 Å². The molecule has 0 radical (unpaired) electrons. The van der Waals surface area contributed by atoms with Crippen LogP contribution in [0.1, 0.15) is 4.88 Å². The zero-order valence-electron chi connectivity index (χ0n) is 10.1. The number of thiophene rings is 1. The van der Waals surface area contributed by atoms with Crippen LogP contribution in [-0.4, -0.2) is 11.7 Å². The van der Waals surface area contributed by atoms with Crippen molar-refractivity contribution >= 4 is 28.8 Å². The molecule has 1 aromatic heterocycles. The second-order valence-electron chi connectivity index (χ2n) is 3.89. The first-order valence-corrected chi connectivity index (χ1v) is 6.45. The summed E-state index contributed by atoms with van der Waals surface area (Å²) in [5, 5.41) is 12.0. The van der Waals surface area contributed by atoms with E-state index in [2.05, 4.69) is 11.9 Å². The van der Waals surface area contributed by atoms with E-state index in [1.807, 2.05) is 35.7 Å². The van der Waals surface area contributed by atoms with E-state index >= 15 is 0 Å². The molecule has 4 nitrogen and oxygen atoms in total. The SMILES string of the molecule is C=CC(=O)Nc1cccc(-c2csc(C(=N)N)c2)c1. The first kappa shape index (κ1) is 13.0. The van der Waals surface area contributed by atoms with Crippen molar-refractivity contribution in [3.8, 4) is 11.1 Å². The summed E-state index contributed by atoms with van der Waals surface area (Å²) in [5.74, 6) is -0.181. The molecular formula is C14H13N3OS. The van der Waals surface area contributed by atoms with Crippen molar-refractivity contribution in [2.24, 2.45) is 5.73 Å². The van der Waals surface area contributed by atoms with Gasteiger partial charge in [0, 0.05) is 5.69 Å². The fourth-order valence-electron chi connectivity index (χ4n) is 1.60. The van der Waals surface area contributed by atoms with Gasteiger partial charge >= 0.3 is 0 Å². The number of carbonyl (C=O) groups is 1. The third kappa shape index (κ3) is 3.08. The molecular weight excluding hydrogens is 258 g/mol. The fourth-order valence-corrected chi connectivity index (χ4v) is 2.38. The predicted molar refractivity (Wildman–Crippen MR) is 79.6 cm³/mol. The van der Waals surface area contributed by atoms with Crippen molar-refractivity contribution in [1.29, 1.82) is 5.41 Å². The van der Waals surface area contributed by atoms with Gasteiger partial charge in [-0.25, -0.2) is 0 Å². The number of carbonyl (C=O) groups excluding carboxylic acids is 1. The van der Waals surface area contributed by atoms with Crippen LogP contribution in [0.5, 0.6) is 0 Å². The quantitative estimate of drug-likeness (QED) is 0.454. The van der Waals surface area contributed by atoms with Crippen molar-refractivity contribution in [1.82, 2.24) is 0 Å². The highest BCUT2D eigenvalue weighted by atomic mass is 32.1. The summed E-state index contributed by atoms with van der Waals surface area (Å²) in [6, 6.07) is 9.34. The van der Waals surface area contributed by atoms with Crippen LogP contribution in [0.2, 0.25) is 0 Å². The van der Waals surface area contributed by atoms with Crippen molar-refractivity contribution < 1.29 is 4.79 Å². The summed E-state index contributed by atoms with van der Waals surface area (Å²) in [6.07, 6.45) is 1.23. The van der Waals surface area contributed by atoms with Crippen molar-refractivity contribution in [3.63, 3.8) is 0 Å². The highest BCUT2D eigenvalue weighted by molar-refractivity contribution is 7.12. The largest absolute Gasteiger partial charge is 0.383 e. The number of benzene rings is 1. The number of rotatable bonds is 4. The Morgan fingerprint density at radius 2 is 2.16 bits per heavy atom. The van der Waals surface area contributed by atoms with Gasteiger partial charge in [-0.15, -0.1) is 11.3 Å². The molecule has 1 aromatic carbocycles. The third-order valence-corrected chi connectivity index (χ3v) is 3.48. The molecule has 1 heterocycles. The lowest BCUT2D eigenvalue weighted by atomic mass is 10.1. The zero-order valence-corrected chi connectivity index (χ0v) is 11.0. The van der Waals surface area contributed by atoms with Crippen LogP contribution in [0, 0.1) is 5.41 Å². The molecule has 0 aliphatic carbocycles. The summed E-state index contributed by atoms with van der Waals surface area (Å²) in [7, 11) is 0. The van der Waals surface area contributed by atoms with Gasteiger partial charge in [-0.1, -0.05) is 18.7 Å². The second-order valence-corrected chi connectivity index (χ2v) is 4.80. The molecule has 0 saturated heterocycles. The molecule has 2 rings (SSSR count). The van der Waals surface area contributed by atoms with Crippen molar-refractivity contribution in [2.45, 2.75) is 0 Å². The number of anilines is 1. The van der Waals surface area contributed by atoms with Crippen LogP contribution in [0.15, 0.2) is 48.4 Å². The lowest BCUT2D eigenvalue weighted by molar-refractivity contribution is -0.111. The van der Waals surface area contributed by atoms with Crippen LogP contribution in [-0.2, 0) is 4.79 Å². The molecule has 5 heteroatoms. The van der Waals surface area contributed by atoms with E-state index in [1.54, 1.807) is 0 Å². The molecule has 2 aromatic rings. The predicted octanol–water partition coefficient (Wildman–Crippen LogP) is 2.82. The second kappa shape index (κ2) is 5.49. The van der Waals surface area contributed by atoms with Crippen molar-refractivity contribution in [2.75, 3.05) is 5.32 Å². The first-order valence-electron chi connectivity index (χ1n) is 5.57. The fraction of sp³-hybridized carbons (Fsp3) is 0. The summed E-state index contributed by atoms with van der Waals surface area (Å²) in [5.41, 5.74) is 8.09. The van der Waals surface area contributed by atoms with Crippen LogP contribution < -0.4 is 11.1 Å². The number of nitrogens with one attached hydrogen (secondary N) is 2. The maximum absolute atomic E-state index is 11.3. The Bertz CT molecular complexity index is 646. The molecule has 0 aliphatic heterocycles. The van der Waals surface area contributed by atoms with Gasteiger partial charge in [-0.05, 0) is 40.8 Å². The van der Waals surface area contributed by atoms with Crippen molar-refractivity contribution in [3.05, 3.63) is 53.2 Å². The van der Waals surface area contributed by atoms with E-state index in [9.17, 15) is 4.79 Å². The van der Waals surface area contributed by atoms with Gasteiger partial charge in [-0.2, -0.15) is 0 Å². The average molecular weight is 271 g/mol. The van der Waals surface area contributed by atoms with Gasteiger partial charge in [0.1, 0.15) is 5.84 Å². The maximum atomic E-state index is 11.3. The molecule has 4 N–H and O–H groups in total. The Morgan fingerprint density at radius 1 is 1.37 bits per heavy atom. The van der Waals surface area contributed by atoms with Crippen LogP contribution in [0.3, 0.4) is 0 Å². The summed E-state index contributed by atoms with van der Waals surface area (Å²) >= 11 is 1.42. The van der Waals surface area contributed by atoms with E-state index in [4.69, 9.17) is 11.1 Å².